The van der Waals surface area contributed by atoms with Crippen molar-refractivity contribution >= 4 is 5.91 Å². The number of carbonyl (C=O) groups excluding carboxylic acids is 1. The van der Waals surface area contributed by atoms with Gasteiger partial charge in [-0.2, -0.15) is 0 Å². The van der Waals surface area contributed by atoms with Crippen molar-refractivity contribution in [3.63, 3.8) is 0 Å². The SMILES string of the molecule is CCCC#Cc1cccc(CN(C(=O)C2CCC(C)CC2)C2CCCN(Cc3ccoc3)CC2)c1. The molecule has 1 saturated heterocycles. The van der Waals surface area contributed by atoms with Gasteiger partial charge in [0, 0.05) is 49.1 Å². The van der Waals surface area contributed by atoms with Crippen LogP contribution < -0.4 is 0 Å². The van der Waals surface area contributed by atoms with E-state index in [9.17, 15) is 4.79 Å². The molecule has 1 aliphatic carbocycles. The molecule has 0 radical (unpaired) electrons. The Bertz CT molecular complexity index is 979. The highest BCUT2D eigenvalue weighted by Crippen LogP contribution is 2.32. The zero-order chi connectivity index (χ0) is 24.5. The van der Waals surface area contributed by atoms with Gasteiger partial charge < -0.3 is 9.32 Å². The molecule has 0 bridgehead atoms. The Morgan fingerprint density at radius 1 is 1.09 bits per heavy atom. The Kier molecular flexibility index (Phi) is 9.49. The van der Waals surface area contributed by atoms with E-state index in [1.54, 1.807) is 6.26 Å². The summed E-state index contributed by atoms with van der Waals surface area (Å²) in [6, 6.07) is 10.9. The first-order valence-corrected chi connectivity index (χ1v) is 13.7. The molecule has 0 spiro atoms. The normalized spacial score (nSPS) is 23.2. The lowest BCUT2D eigenvalue weighted by molar-refractivity contribution is -0.140. The molecule has 1 atom stereocenters. The van der Waals surface area contributed by atoms with E-state index >= 15 is 0 Å². The summed E-state index contributed by atoms with van der Waals surface area (Å²) in [4.78, 5) is 18.7. The fraction of sp³-hybridized carbons (Fsp3) is 0.581. The fourth-order valence-electron chi connectivity index (χ4n) is 5.61. The van der Waals surface area contributed by atoms with E-state index in [0.717, 1.165) is 76.1 Å². The summed E-state index contributed by atoms with van der Waals surface area (Å²) in [5, 5.41) is 0. The van der Waals surface area contributed by atoms with Gasteiger partial charge >= 0.3 is 0 Å². The predicted octanol–water partition coefficient (Wildman–Crippen LogP) is 6.64. The molecule has 1 saturated carbocycles. The van der Waals surface area contributed by atoms with Crippen LogP contribution in [-0.4, -0.2) is 34.8 Å². The van der Waals surface area contributed by atoms with Crippen LogP contribution >= 0.6 is 0 Å². The van der Waals surface area contributed by atoms with E-state index in [4.69, 9.17) is 4.42 Å². The summed E-state index contributed by atoms with van der Waals surface area (Å²) in [5.41, 5.74) is 3.49. The first-order chi connectivity index (χ1) is 17.1. The lowest BCUT2D eigenvalue weighted by Gasteiger charge is -2.36. The number of nitrogens with zero attached hydrogens (tertiary/aromatic N) is 2. The van der Waals surface area contributed by atoms with Gasteiger partial charge in [-0.3, -0.25) is 9.69 Å². The number of furan rings is 1. The molecule has 4 heteroatoms. The average Bonchev–Trinajstić information content (AvgIpc) is 3.27. The van der Waals surface area contributed by atoms with Crippen molar-refractivity contribution in [2.45, 2.75) is 90.8 Å². The van der Waals surface area contributed by atoms with Gasteiger partial charge in [0.25, 0.3) is 0 Å². The molecule has 188 valence electrons. The van der Waals surface area contributed by atoms with Gasteiger partial charge in [0.05, 0.1) is 12.5 Å². The zero-order valence-corrected chi connectivity index (χ0v) is 21.7. The molecule has 35 heavy (non-hydrogen) atoms. The lowest BCUT2D eigenvalue weighted by Crippen LogP contribution is -2.44. The predicted molar refractivity (Wildman–Crippen MR) is 142 cm³/mol. The summed E-state index contributed by atoms with van der Waals surface area (Å²) >= 11 is 0. The number of hydrogen-bond donors (Lipinski definition) is 0. The molecule has 1 amide bonds. The van der Waals surface area contributed by atoms with Gasteiger partial charge in [-0.25, -0.2) is 0 Å². The van der Waals surface area contributed by atoms with Gasteiger partial charge in [-0.1, -0.05) is 37.8 Å². The highest BCUT2D eigenvalue weighted by Gasteiger charge is 2.33. The Labute approximate surface area is 212 Å². The van der Waals surface area contributed by atoms with E-state index in [1.807, 2.05) is 6.26 Å². The average molecular weight is 475 g/mol. The topological polar surface area (TPSA) is 36.7 Å². The van der Waals surface area contributed by atoms with E-state index in [0.29, 0.717) is 18.5 Å². The summed E-state index contributed by atoms with van der Waals surface area (Å²) in [6.45, 7) is 8.20. The van der Waals surface area contributed by atoms with Crippen molar-refractivity contribution in [3.8, 4) is 11.8 Å². The molecule has 0 N–H and O–H groups in total. The number of hydrogen-bond acceptors (Lipinski definition) is 3. The van der Waals surface area contributed by atoms with Crippen LogP contribution in [0.4, 0.5) is 0 Å². The first kappa shape index (κ1) is 25.6. The number of unbranched alkanes of at least 4 members (excludes halogenated alkanes) is 1. The molecule has 4 rings (SSSR count). The molecule has 1 aliphatic heterocycles. The van der Waals surface area contributed by atoms with Crippen LogP contribution in [0.1, 0.15) is 88.3 Å². The molecule has 2 aliphatic rings. The molecular weight excluding hydrogens is 432 g/mol. The molecular formula is C31H42N2O2. The van der Waals surface area contributed by atoms with Crippen LogP contribution in [0, 0.1) is 23.7 Å². The Balaban J connectivity index is 1.48. The maximum absolute atomic E-state index is 13.9. The number of rotatable bonds is 7. The second kappa shape index (κ2) is 13.0. The molecule has 2 aromatic rings. The molecule has 1 unspecified atom stereocenters. The third-order valence-corrected chi connectivity index (χ3v) is 7.75. The standard InChI is InChI=1S/C31H42N2O2/c1-3-4-5-8-26-9-6-10-27(21-26)23-33(31(34)29-14-12-25(2)13-15-29)30-11-7-18-32(19-16-30)22-28-17-20-35-24-28/h6,9-10,17,20-21,24-25,29-30H,3-4,7,11-16,18-19,22-23H2,1-2H3. The van der Waals surface area contributed by atoms with Gasteiger partial charge in [0.2, 0.25) is 5.91 Å². The summed E-state index contributed by atoms with van der Waals surface area (Å²) in [6.07, 6.45) is 13.3. The minimum absolute atomic E-state index is 0.184. The quantitative estimate of drug-likeness (QED) is 0.422. The molecule has 2 fully saturated rings. The largest absolute Gasteiger partial charge is 0.472 e. The van der Waals surface area contributed by atoms with Crippen LogP contribution in [-0.2, 0) is 17.9 Å². The minimum Gasteiger partial charge on any atom is -0.472 e. The van der Waals surface area contributed by atoms with Crippen LogP contribution in [0.2, 0.25) is 0 Å². The highest BCUT2D eigenvalue weighted by molar-refractivity contribution is 5.79. The van der Waals surface area contributed by atoms with Crippen LogP contribution in [0.5, 0.6) is 0 Å². The smallest absolute Gasteiger partial charge is 0.226 e. The van der Waals surface area contributed by atoms with Crippen molar-refractivity contribution < 1.29 is 9.21 Å². The van der Waals surface area contributed by atoms with Gasteiger partial charge in [0.1, 0.15) is 0 Å². The molecule has 1 aromatic heterocycles. The lowest BCUT2D eigenvalue weighted by atomic mass is 9.82. The van der Waals surface area contributed by atoms with Crippen molar-refractivity contribution in [1.82, 2.24) is 9.80 Å². The molecule has 1 aromatic carbocycles. The van der Waals surface area contributed by atoms with E-state index in [1.165, 1.54) is 24.0 Å². The Morgan fingerprint density at radius 3 is 2.71 bits per heavy atom. The van der Waals surface area contributed by atoms with Crippen molar-refractivity contribution in [1.29, 1.82) is 0 Å². The maximum atomic E-state index is 13.9. The third-order valence-electron chi connectivity index (χ3n) is 7.75. The minimum atomic E-state index is 0.184. The number of benzene rings is 1. The highest BCUT2D eigenvalue weighted by atomic mass is 16.3. The van der Waals surface area contributed by atoms with Crippen LogP contribution in [0.3, 0.4) is 0 Å². The molecule has 4 nitrogen and oxygen atoms in total. The van der Waals surface area contributed by atoms with Crippen LogP contribution in [0.15, 0.2) is 47.3 Å². The van der Waals surface area contributed by atoms with E-state index in [2.05, 4.69) is 65.8 Å². The van der Waals surface area contributed by atoms with Gasteiger partial charge in [-0.05, 0) is 87.6 Å². The zero-order valence-electron chi connectivity index (χ0n) is 21.7. The number of carbonyl (C=O) groups is 1. The first-order valence-electron chi connectivity index (χ1n) is 13.7. The van der Waals surface area contributed by atoms with E-state index in [-0.39, 0.29) is 5.92 Å². The van der Waals surface area contributed by atoms with E-state index < -0.39 is 0 Å². The molecule has 2 heterocycles. The monoisotopic (exact) mass is 474 g/mol. The fourth-order valence-corrected chi connectivity index (χ4v) is 5.61. The second-order valence-corrected chi connectivity index (χ2v) is 10.7. The maximum Gasteiger partial charge on any atom is 0.226 e. The van der Waals surface area contributed by atoms with Crippen molar-refractivity contribution in [2.24, 2.45) is 11.8 Å². The summed E-state index contributed by atoms with van der Waals surface area (Å²) < 4.78 is 5.27. The third kappa shape index (κ3) is 7.48. The van der Waals surface area contributed by atoms with Gasteiger partial charge in [0.15, 0.2) is 0 Å². The number of likely N-dealkylation sites (tertiary alicyclic amines) is 1. The Hall–Kier alpha value is -2.51. The Morgan fingerprint density at radius 2 is 1.94 bits per heavy atom. The van der Waals surface area contributed by atoms with Gasteiger partial charge in [-0.15, -0.1) is 0 Å². The second-order valence-electron chi connectivity index (χ2n) is 10.7. The van der Waals surface area contributed by atoms with Crippen molar-refractivity contribution in [3.05, 3.63) is 59.5 Å². The van der Waals surface area contributed by atoms with Crippen molar-refractivity contribution in [2.75, 3.05) is 13.1 Å². The van der Waals surface area contributed by atoms with Crippen LogP contribution in [0.25, 0.3) is 0 Å². The number of amides is 1. The summed E-state index contributed by atoms with van der Waals surface area (Å²) in [5.74, 6) is 7.88. The summed E-state index contributed by atoms with van der Waals surface area (Å²) in [7, 11) is 0.